The first-order valence-electron chi connectivity index (χ1n) is 11.3. The molecule has 2 aromatic heterocycles. The number of carbonyl (C=O) groups is 1. The van der Waals surface area contributed by atoms with Crippen LogP contribution in [0.5, 0.6) is 0 Å². The van der Waals surface area contributed by atoms with Crippen molar-refractivity contribution in [2.75, 3.05) is 57.0 Å². The Balaban J connectivity index is 1.38. The predicted octanol–water partition coefficient (Wildman–Crippen LogP) is 2.74. The molecule has 2 aliphatic heterocycles. The number of amides is 1. The molecule has 2 aliphatic rings. The predicted molar refractivity (Wildman–Crippen MR) is 117 cm³/mol. The van der Waals surface area contributed by atoms with Crippen molar-refractivity contribution in [2.45, 2.75) is 37.9 Å². The number of halogens is 3. The zero-order valence-corrected chi connectivity index (χ0v) is 18.9. The average molecular weight is 483 g/mol. The van der Waals surface area contributed by atoms with Crippen molar-refractivity contribution >= 4 is 23.7 Å². The van der Waals surface area contributed by atoms with Gasteiger partial charge < -0.3 is 25.2 Å². The third-order valence-electron chi connectivity index (χ3n) is 5.86. The van der Waals surface area contributed by atoms with Crippen molar-refractivity contribution in [1.82, 2.24) is 34.8 Å². The lowest BCUT2D eigenvalue weighted by atomic mass is 10.1. The summed E-state index contributed by atoms with van der Waals surface area (Å²) in [6.45, 7) is 3.46. The highest BCUT2D eigenvalue weighted by Crippen LogP contribution is 2.34. The number of nitrogens with zero attached hydrogens (tertiary/aromatic N) is 7. The normalized spacial score (nSPS) is 18.1. The number of rotatable bonds is 8. The summed E-state index contributed by atoms with van der Waals surface area (Å²) in [5, 5.41) is 13.8. The van der Waals surface area contributed by atoms with E-state index in [4.69, 9.17) is 4.74 Å². The van der Waals surface area contributed by atoms with E-state index in [1.807, 2.05) is 0 Å². The summed E-state index contributed by atoms with van der Waals surface area (Å²) in [4.78, 5) is 23.3. The second kappa shape index (κ2) is 10.4. The molecule has 4 rings (SSSR count). The number of alkyl halides is 3. The number of cyclic esters (lactones) is 1. The van der Waals surface area contributed by atoms with Crippen molar-refractivity contribution in [3.05, 3.63) is 18.0 Å². The standard InChI is InChI=1S/C20H28F3N9O2/c1-30-9-4-14(5-10-30)32-13-16(28-29-32)26-18-25-12-15(20(21,22)23)17(27-18)24-6-2-7-31-8-3-11-34-19(31)33/h12-14H,2-11H2,1H3,(H2,24,25,26,27). The monoisotopic (exact) mass is 483 g/mol. The minimum atomic E-state index is -4.62. The number of likely N-dealkylation sites (tertiary alicyclic amines) is 1. The van der Waals surface area contributed by atoms with Crippen LogP contribution < -0.4 is 10.6 Å². The van der Waals surface area contributed by atoms with E-state index >= 15 is 0 Å². The van der Waals surface area contributed by atoms with E-state index in [-0.39, 0.29) is 24.4 Å². The third kappa shape index (κ3) is 6.04. The maximum Gasteiger partial charge on any atom is 0.421 e. The van der Waals surface area contributed by atoms with E-state index in [0.29, 0.717) is 31.9 Å². The number of aromatic nitrogens is 5. The Labute approximate surface area is 194 Å². The number of anilines is 3. The topological polar surface area (TPSA) is 113 Å². The van der Waals surface area contributed by atoms with Gasteiger partial charge in [0.1, 0.15) is 11.4 Å². The van der Waals surface area contributed by atoms with Crippen LogP contribution in [0, 0.1) is 0 Å². The molecule has 4 heterocycles. The van der Waals surface area contributed by atoms with Gasteiger partial charge in [0.15, 0.2) is 5.82 Å². The van der Waals surface area contributed by atoms with Crippen LogP contribution in [0.2, 0.25) is 0 Å². The van der Waals surface area contributed by atoms with Gasteiger partial charge >= 0.3 is 12.3 Å². The van der Waals surface area contributed by atoms with Crippen molar-refractivity contribution in [2.24, 2.45) is 0 Å². The van der Waals surface area contributed by atoms with Crippen molar-refractivity contribution in [3.8, 4) is 0 Å². The summed E-state index contributed by atoms with van der Waals surface area (Å²) in [5.74, 6) is -0.00675. The molecule has 2 fully saturated rings. The number of piperidine rings is 1. The van der Waals surface area contributed by atoms with Gasteiger partial charge in [-0.25, -0.2) is 14.5 Å². The van der Waals surface area contributed by atoms with Crippen molar-refractivity contribution in [1.29, 1.82) is 0 Å². The third-order valence-corrected chi connectivity index (χ3v) is 5.86. The molecule has 34 heavy (non-hydrogen) atoms. The molecule has 2 saturated heterocycles. The number of hydrogen-bond acceptors (Lipinski definition) is 9. The van der Waals surface area contributed by atoms with Crippen LogP contribution in [0.25, 0.3) is 0 Å². The van der Waals surface area contributed by atoms with Crippen LogP contribution >= 0.6 is 0 Å². The summed E-state index contributed by atoms with van der Waals surface area (Å²) >= 11 is 0. The molecule has 0 atom stereocenters. The van der Waals surface area contributed by atoms with Crippen LogP contribution in [0.1, 0.15) is 37.3 Å². The van der Waals surface area contributed by atoms with E-state index in [1.165, 1.54) is 4.90 Å². The second-order valence-corrected chi connectivity index (χ2v) is 8.43. The quantitative estimate of drug-likeness (QED) is 0.547. The van der Waals surface area contributed by atoms with Crippen LogP contribution in [0.3, 0.4) is 0 Å². The maximum absolute atomic E-state index is 13.5. The molecule has 0 bridgehead atoms. The van der Waals surface area contributed by atoms with Gasteiger partial charge in [0, 0.05) is 25.8 Å². The Hall–Kier alpha value is -3.16. The molecule has 186 valence electrons. The first-order chi connectivity index (χ1) is 16.3. The molecule has 2 N–H and O–H groups in total. The van der Waals surface area contributed by atoms with Crippen LogP contribution in [0.15, 0.2) is 12.4 Å². The van der Waals surface area contributed by atoms with E-state index in [9.17, 15) is 18.0 Å². The average Bonchev–Trinajstić information content (AvgIpc) is 3.26. The zero-order chi connectivity index (χ0) is 24.1. The zero-order valence-electron chi connectivity index (χ0n) is 18.9. The highest BCUT2D eigenvalue weighted by molar-refractivity contribution is 5.68. The highest BCUT2D eigenvalue weighted by atomic mass is 19.4. The van der Waals surface area contributed by atoms with Crippen LogP contribution in [-0.2, 0) is 10.9 Å². The number of nitrogens with one attached hydrogen (secondary N) is 2. The molecule has 0 unspecified atom stereocenters. The van der Waals surface area contributed by atoms with Gasteiger partial charge in [0.2, 0.25) is 5.95 Å². The first-order valence-corrected chi connectivity index (χ1v) is 11.3. The Morgan fingerprint density at radius 2 is 2.03 bits per heavy atom. The lowest BCUT2D eigenvalue weighted by Gasteiger charge is -2.28. The summed E-state index contributed by atoms with van der Waals surface area (Å²) in [6, 6.07) is 0.224. The lowest BCUT2D eigenvalue weighted by molar-refractivity contribution is -0.137. The van der Waals surface area contributed by atoms with Crippen molar-refractivity contribution < 1.29 is 22.7 Å². The van der Waals surface area contributed by atoms with Gasteiger partial charge in [-0.15, -0.1) is 5.10 Å². The smallest absolute Gasteiger partial charge is 0.421 e. The van der Waals surface area contributed by atoms with E-state index in [2.05, 4.69) is 42.9 Å². The largest absolute Gasteiger partial charge is 0.449 e. The molecule has 0 radical (unpaired) electrons. The van der Waals surface area contributed by atoms with E-state index in [0.717, 1.165) is 38.5 Å². The summed E-state index contributed by atoms with van der Waals surface area (Å²) in [5.41, 5.74) is -0.967. The SMILES string of the molecule is CN1CCC(n2cc(Nc3ncc(C(F)(F)F)c(NCCCN4CCCOC4=O)n3)nn2)CC1. The Kier molecular flexibility index (Phi) is 7.34. The highest BCUT2D eigenvalue weighted by Gasteiger charge is 2.35. The molecule has 1 amide bonds. The fraction of sp³-hybridized carbons (Fsp3) is 0.650. The molecule has 14 heteroatoms. The summed E-state index contributed by atoms with van der Waals surface area (Å²) < 4.78 is 47.1. The Bertz CT molecular complexity index is 976. The number of hydrogen-bond donors (Lipinski definition) is 2. The van der Waals surface area contributed by atoms with E-state index < -0.39 is 17.8 Å². The molecule has 2 aromatic rings. The van der Waals surface area contributed by atoms with Crippen molar-refractivity contribution in [3.63, 3.8) is 0 Å². The lowest BCUT2D eigenvalue weighted by Crippen LogP contribution is -2.38. The fourth-order valence-corrected chi connectivity index (χ4v) is 3.95. The summed E-state index contributed by atoms with van der Waals surface area (Å²) in [7, 11) is 2.07. The number of carbonyl (C=O) groups excluding carboxylic acids is 1. The van der Waals surface area contributed by atoms with Gasteiger partial charge in [0.05, 0.1) is 18.8 Å². The molecule has 0 aliphatic carbocycles. The molecular weight excluding hydrogens is 455 g/mol. The van der Waals surface area contributed by atoms with Gasteiger partial charge in [-0.2, -0.15) is 18.2 Å². The number of ether oxygens (including phenoxy) is 1. The molecule has 0 saturated carbocycles. The second-order valence-electron chi connectivity index (χ2n) is 8.43. The maximum atomic E-state index is 13.5. The van der Waals surface area contributed by atoms with Crippen LogP contribution in [-0.4, -0.2) is 87.2 Å². The van der Waals surface area contributed by atoms with Crippen LogP contribution in [0.4, 0.5) is 35.5 Å². The molecule has 0 aromatic carbocycles. The van der Waals surface area contributed by atoms with Gasteiger partial charge in [-0.1, -0.05) is 5.21 Å². The molecule has 11 nitrogen and oxygen atoms in total. The summed E-state index contributed by atoms with van der Waals surface area (Å²) in [6.07, 6.45) is 0.491. The Morgan fingerprint density at radius 3 is 2.76 bits per heavy atom. The minimum Gasteiger partial charge on any atom is -0.449 e. The van der Waals surface area contributed by atoms with Gasteiger partial charge in [0.25, 0.3) is 0 Å². The molecule has 0 spiro atoms. The van der Waals surface area contributed by atoms with E-state index in [1.54, 1.807) is 10.9 Å². The van der Waals surface area contributed by atoms with Gasteiger partial charge in [-0.3, -0.25) is 0 Å². The Morgan fingerprint density at radius 1 is 1.24 bits per heavy atom. The minimum absolute atomic E-state index is 0.0227. The van der Waals surface area contributed by atoms with Gasteiger partial charge in [-0.05, 0) is 45.8 Å². The molecular formula is C20H28F3N9O2. The fourth-order valence-electron chi connectivity index (χ4n) is 3.95. The first kappa shape index (κ1) is 24.0.